The molecule has 0 bridgehead atoms. The Labute approximate surface area is 85.9 Å². The zero-order chi connectivity index (χ0) is 10.7. The minimum atomic E-state index is -1.11. The summed E-state index contributed by atoms with van der Waals surface area (Å²) in [5.74, 6) is -0.955. The third kappa shape index (κ3) is 2.16. The lowest BCUT2D eigenvalue weighted by molar-refractivity contribution is -0.138. The largest absolute Gasteiger partial charge is 0.508 e. The van der Waals surface area contributed by atoms with Crippen LogP contribution in [0.4, 0.5) is 0 Å². The molecule has 0 heterocycles. The van der Waals surface area contributed by atoms with E-state index < -0.39 is 12.0 Å². The van der Waals surface area contributed by atoms with E-state index in [0.717, 1.165) is 0 Å². The fraction of sp³-hybridized carbons (Fsp3) is 0.222. The summed E-state index contributed by atoms with van der Waals surface area (Å²) >= 11 is 5.54. The van der Waals surface area contributed by atoms with Crippen molar-refractivity contribution in [2.75, 3.05) is 0 Å². The van der Waals surface area contributed by atoms with Crippen LogP contribution in [0.2, 0.25) is 0 Å². The van der Waals surface area contributed by atoms with Crippen molar-refractivity contribution in [1.29, 1.82) is 0 Å². The Hall–Kier alpha value is -1.26. The highest BCUT2D eigenvalue weighted by atomic mass is 35.5. The molecule has 1 aromatic carbocycles. The van der Waals surface area contributed by atoms with E-state index in [1.807, 2.05) is 0 Å². The monoisotopic (exact) mass is 215 g/mol. The number of phenols is 1. The van der Waals surface area contributed by atoms with Crippen molar-refractivity contribution >= 4 is 17.6 Å². The molecule has 4 N–H and O–H groups in total. The lowest BCUT2D eigenvalue weighted by atomic mass is 10.0. The van der Waals surface area contributed by atoms with Gasteiger partial charge in [-0.05, 0) is 17.7 Å². The van der Waals surface area contributed by atoms with Gasteiger partial charge in [0, 0.05) is 5.56 Å². The number of phenolic OH excluding ortho intramolecular Hbond substituents is 1. The number of carboxylic acid groups (broad SMARTS) is 1. The molecule has 0 fully saturated rings. The number of rotatable bonds is 3. The Morgan fingerprint density at radius 3 is 2.71 bits per heavy atom. The van der Waals surface area contributed by atoms with Gasteiger partial charge in [-0.3, -0.25) is 4.79 Å². The molecule has 0 amide bonds. The minimum Gasteiger partial charge on any atom is -0.508 e. The lowest BCUT2D eigenvalue weighted by Gasteiger charge is -2.08. The Morgan fingerprint density at radius 2 is 2.21 bits per heavy atom. The molecule has 1 rings (SSSR count). The lowest BCUT2D eigenvalue weighted by Crippen LogP contribution is -2.20. The van der Waals surface area contributed by atoms with Gasteiger partial charge in [0.05, 0.1) is 5.88 Å². The van der Waals surface area contributed by atoms with Crippen LogP contribution in [0.3, 0.4) is 0 Å². The fourth-order valence-electron chi connectivity index (χ4n) is 1.05. The average molecular weight is 216 g/mol. The van der Waals surface area contributed by atoms with Crippen LogP contribution in [0.5, 0.6) is 5.75 Å². The Bertz CT molecular complexity index is 354. The van der Waals surface area contributed by atoms with Gasteiger partial charge in [-0.1, -0.05) is 6.07 Å². The van der Waals surface area contributed by atoms with Crippen molar-refractivity contribution in [3.8, 4) is 5.75 Å². The highest BCUT2D eigenvalue weighted by Crippen LogP contribution is 2.22. The number of benzene rings is 1. The third-order valence-corrected chi connectivity index (χ3v) is 2.16. The zero-order valence-corrected chi connectivity index (χ0v) is 8.03. The summed E-state index contributed by atoms with van der Waals surface area (Å²) in [6.07, 6.45) is 0. The molecule has 1 aromatic rings. The van der Waals surface area contributed by atoms with Gasteiger partial charge in [-0.15, -0.1) is 11.6 Å². The fourth-order valence-corrected chi connectivity index (χ4v) is 1.26. The van der Waals surface area contributed by atoms with E-state index in [9.17, 15) is 9.90 Å². The second kappa shape index (κ2) is 4.30. The topological polar surface area (TPSA) is 83.6 Å². The van der Waals surface area contributed by atoms with Crippen molar-refractivity contribution in [2.45, 2.75) is 11.9 Å². The van der Waals surface area contributed by atoms with E-state index in [2.05, 4.69) is 0 Å². The van der Waals surface area contributed by atoms with Crippen LogP contribution in [0, 0.1) is 0 Å². The first kappa shape index (κ1) is 10.8. The van der Waals surface area contributed by atoms with Crippen LogP contribution in [-0.4, -0.2) is 16.2 Å². The molecule has 0 aromatic heterocycles. The number of hydrogen-bond acceptors (Lipinski definition) is 3. The van der Waals surface area contributed by atoms with Crippen LogP contribution in [0.25, 0.3) is 0 Å². The number of carbonyl (C=O) groups is 1. The Balaban J connectivity index is 3.06. The molecular formula is C9H10ClNO3. The van der Waals surface area contributed by atoms with Gasteiger partial charge in [0.15, 0.2) is 0 Å². The van der Waals surface area contributed by atoms with Crippen LogP contribution >= 0.6 is 11.6 Å². The minimum absolute atomic E-state index is 0.0429. The number of halogens is 1. The van der Waals surface area contributed by atoms with Crippen LogP contribution in [0.15, 0.2) is 18.2 Å². The van der Waals surface area contributed by atoms with Gasteiger partial charge >= 0.3 is 5.97 Å². The molecule has 0 saturated carbocycles. The van der Waals surface area contributed by atoms with Crippen molar-refractivity contribution in [3.05, 3.63) is 29.3 Å². The number of alkyl halides is 1. The SMILES string of the molecule is NC(C(=O)O)c1ccc(O)c(CCl)c1. The van der Waals surface area contributed by atoms with Gasteiger partial charge in [0.2, 0.25) is 0 Å². The first-order chi connectivity index (χ1) is 6.56. The van der Waals surface area contributed by atoms with Crippen molar-refractivity contribution in [3.63, 3.8) is 0 Å². The molecule has 1 atom stereocenters. The van der Waals surface area contributed by atoms with Gasteiger partial charge < -0.3 is 15.9 Å². The molecule has 76 valence electrons. The molecule has 1 unspecified atom stereocenters. The quantitative estimate of drug-likeness (QED) is 0.662. The molecule has 0 aliphatic heterocycles. The van der Waals surface area contributed by atoms with Crippen LogP contribution < -0.4 is 5.73 Å². The maximum atomic E-state index is 10.6. The predicted octanol–water partition coefficient (Wildman–Crippen LogP) is 1.22. The van der Waals surface area contributed by atoms with E-state index in [1.54, 1.807) is 0 Å². The first-order valence-corrected chi connectivity index (χ1v) is 4.46. The maximum Gasteiger partial charge on any atom is 0.325 e. The Morgan fingerprint density at radius 1 is 1.57 bits per heavy atom. The molecule has 5 heteroatoms. The summed E-state index contributed by atoms with van der Waals surface area (Å²) in [6, 6.07) is 3.25. The van der Waals surface area contributed by atoms with Gasteiger partial charge in [-0.25, -0.2) is 0 Å². The smallest absolute Gasteiger partial charge is 0.325 e. The molecular weight excluding hydrogens is 206 g/mol. The third-order valence-electron chi connectivity index (χ3n) is 1.87. The highest BCUT2D eigenvalue weighted by molar-refractivity contribution is 6.17. The molecule has 4 nitrogen and oxygen atoms in total. The van der Waals surface area contributed by atoms with Crippen LogP contribution in [-0.2, 0) is 10.7 Å². The van der Waals surface area contributed by atoms with Crippen LogP contribution in [0.1, 0.15) is 17.2 Å². The average Bonchev–Trinajstić information content (AvgIpc) is 2.17. The summed E-state index contributed by atoms with van der Waals surface area (Å²) in [5, 5.41) is 17.9. The number of nitrogens with two attached hydrogens (primary N) is 1. The summed E-state index contributed by atoms with van der Waals surface area (Å²) < 4.78 is 0. The van der Waals surface area contributed by atoms with Gasteiger partial charge in [0.1, 0.15) is 11.8 Å². The van der Waals surface area contributed by atoms with Crippen molar-refractivity contribution in [2.24, 2.45) is 5.73 Å². The second-order valence-corrected chi connectivity index (χ2v) is 3.10. The summed E-state index contributed by atoms with van der Waals surface area (Å²) in [6.45, 7) is 0. The highest BCUT2D eigenvalue weighted by Gasteiger charge is 2.15. The molecule has 14 heavy (non-hydrogen) atoms. The number of carboxylic acids is 1. The molecule has 0 aliphatic rings. The standard InChI is InChI=1S/C9H10ClNO3/c10-4-6-3-5(1-2-7(6)12)8(11)9(13)14/h1-3,8,12H,4,11H2,(H,13,14). The molecule has 0 spiro atoms. The normalized spacial score (nSPS) is 12.4. The van der Waals surface area contributed by atoms with E-state index in [-0.39, 0.29) is 11.6 Å². The second-order valence-electron chi connectivity index (χ2n) is 2.84. The molecule has 0 radical (unpaired) electrons. The zero-order valence-electron chi connectivity index (χ0n) is 7.27. The molecule has 0 aliphatic carbocycles. The van der Waals surface area contributed by atoms with Crippen molar-refractivity contribution in [1.82, 2.24) is 0 Å². The first-order valence-electron chi connectivity index (χ1n) is 3.92. The van der Waals surface area contributed by atoms with Gasteiger partial charge in [-0.2, -0.15) is 0 Å². The van der Waals surface area contributed by atoms with E-state index in [1.165, 1.54) is 18.2 Å². The number of aromatic hydroxyl groups is 1. The summed E-state index contributed by atoms with van der Waals surface area (Å²) in [7, 11) is 0. The maximum absolute atomic E-state index is 10.6. The number of hydrogen-bond donors (Lipinski definition) is 3. The van der Waals surface area contributed by atoms with E-state index in [0.29, 0.717) is 11.1 Å². The van der Waals surface area contributed by atoms with E-state index >= 15 is 0 Å². The predicted molar refractivity (Wildman–Crippen MR) is 52.2 cm³/mol. The van der Waals surface area contributed by atoms with Gasteiger partial charge in [0.25, 0.3) is 0 Å². The Kier molecular flexibility index (Phi) is 3.33. The molecule has 0 saturated heterocycles. The van der Waals surface area contributed by atoms with E-state index in [4.69, 9.17) is 22.4 Å². The number of aliphatic carboxylic acids is 1. The van der Waals surface area contributed by atoms with Crippen molar-refractivity contribution < 1.29 is 15.0 Å². The summed E-state index contributed by atoms with van der Waals surface area (Å²) in [5.41, 5.74) is 6.28. The summed E-state index contributed by atoms with van der Waals surface area (Å²) in [4.78, 5) is 10.6.